The third-order valence-corrected chi connectivity index (χ3v) is 3.76. The molecule has 2 heterocycles. The van der Waals surface area contributed by atoms with Crippen molar-refractivity contribution in [3.05, 3.63) is 0 Å². The van der Waals surface area contributed by atoms with Crippen LogP contribution in [0.1, 0.15) is 19.3 Å². The monoisotopic (exact) mass is 182 g/mol. The van der Waals surface area contributed by atoms with Crippen molar-refractivity contribution in [2.75, 3.05) is 34.2 Å². The number of hydrogen-bond acceptors (Lipinski definition) is 2. The lowest BCUT2D eigenvalue weighted by molar-refractivity contribution is 0.01000. The van der Waals surface area contributed by atoms with E-state index in [9.17, 15) is 0 Å². The van der Waals surface area contributed by atoms with E-state index < -0.39 is 0 Å². The summed E-state index contributed by atoms with van der Waals surface area (Å²) >= 11 is 0. The molecule has 0 N–H and O–H groups in total. The predicted molar refractivity (Wildman–Crippen MR) is 55.8 cm³/mol. The van der Waals surface area contributed by atoms with Gasteiger partial charge in [-0.25, -0.2) is 0 Å². The first-order valence-corrected chi connectivity index (χ1v) is 5.52. The minimum atomic E-state index is 0.882. The highest BCUT2D eigenvalue weighted by atomic mass is 15.2. The fourth-order valence-corrected chi connectivity index (χ4v) is 3.30. The van der Waals surface area contributed by atoms with Gasteiger partial charge in [-0.15, -0.1) is 0 Å². The van der Waals surface area contributed by atoms with Gasteiger partial charge in [0.2, 0.25) is 0 Å². The van der Waals surface area contributed by atoms with Gasteiger partial charge in [0.05, 0.1) is 0 Å². The third kappa shape index (κ3) is 1.89. The summed E-state index contributed by atoms with van der Waals surface area (Å²) in [6.45, 7) is 2.64. The van der Waals surface area contributed by atoms with Crippen molar-refractivity contribution in [1.82, 2.24) is 9.80 Å². The van der Waals surface area contributed by atoms with Gasteiger partial charge in [0.15, 0.2) is 0 Å². The topological polar surface area (TPSA) is 6.48 Å². The summed E-state index contributed by atoms with van der Waals surface area (Å²) in [5, 5.41) is 0. The number of fused-ring (bicyclic) bond motifs is 3. The Kier molecular flexibility index (Phi) is 2.61. The van der Waals surface area contributed by atoms with Gasteiger partial charge in [0, 0.05) is 19.1 Å². The van der Waals surface area contributed by atoms with Crippen LogP contribution < -0.4 is 0 Å². The molecule has 0 amide bonds. The van der Waals surface area contributed by atoms with Crippen LogP contribution in [0.15, 0.2) is 0 Å². The summed E-state index contributed by atoms with van der Waals surface area (Å²) in [5.41, 5.74) is 0. The molecule has 1 aliphatic carbocycles. The minimum absolute atomic E-state index is 0.882. The molecule has 0 radical (unpaired) electrons. The first-order chi connectivity index (χ1) is 6.16. The molecule has 3 aliphatic rings. The summed E-state index contributed by atoms with van der Waals surface area (Å²) in [6.07, 6.45) is 4.41. The van der Waals surface area contributed by atoms with Crippen molar-refractivity contribution in [2.45, 2.75) is 25.3 Å². The molecule has 76 valence electrons. The molecule has 0 spiro atoms. The maximum Gasteiger partial charge on any atom is 0.0133 e. The zero-order valence-electron chi connectivity index (χ0n) is 9.16. The van der Waals surface area contributed by atoms with Gasteiger partial charge in [-0.2, -0.15) is 0 Å². The lowest BCUT2D eigenvalue weighted by Gasteiger charge is -2.49. The van der Waals surface area contributed by atoms with E-state index in [4.69, 9.17) is 0 Å². The second-order valence-electron chi connectivity index (χ2n) is 5.21. The van der Waals surface area contributed by atoms with Crippen LogP contribution in [0, 0.1) is 11.8 Å². The Morgan fingerprint density at radius 3 is 2.62 bits per heavy atom. The van der Waals surface area contributed by atoms with Crippen molar-refractivity contribution < 1.29 is 0 Å². The van der Waals surface area contributed by atoms with Crippen molar-refractivity contribution in [1.29, 1.82) is 0 Å². The van der Waals surface area contributed by atoms with Gasteiger partial charge < -0.3 is 9.80 Å². The highest BCUT2D eigenvalue weighted by molar-refractivity contribution is 4.92. The zero-order chi connectivity index (χ0) is 9.42. The first-order valence-electron chi connectivity index (χ1n) is 5.52. The smallest absolute Gasteiger partial charge is 0.0133 e. The lowest BCUT2D eigenvalue weighted by Crippen LogP contribution is -2.53. The van der Waals surface area contributed by atoms with E-state index in [1.807, 2.05) is 0 Å². The Hall–Kier alpha value is -0.0800. The van der Waals surface area contributed by atoms with E-state index in [-0.39, 0.29) is 0 Å². The van der Waals surface area contributed by atoms with Gasteiger partial charge in [-0.1, -0.05) is 0 Å². The van der Waals surface area contributed by atoms with Gasteiger partial charge in [-0.05, 0) is 52.2 Å². The zero-order valence-corrected chi connectivity index (χ0v) is 9.16. The van der Waals surface area contributed by atoms with E-state index >= 15 is 0 Å². The molecule has 3 atom stereocenters. The Morgan fingerprint density at radius 2 is 2.08 bits per heavy atom. The molecule has 3 unspecified atom stereocenters. The lowest BCUT2D eigenvalue weighted by atomic mass is 9.73. The van der Waals surface area contributed by atoms with E-state index in [2.05, 4.69) is 30.9 Å². The molecular formula is C11H22N2. The quantitative estimate of drug-likeness (QED) is 0.635. The number of nitrogens with zero attached hydrogens (tertiary/aromatic N) is 2. The minimum Gasteiger partial charge on any atom is -0.309 e. The first kappa shape index (κ1) is 9.47. The second kappa shape index (κ2) is 3.58. The van der Waals surface area contributed by atoms with Crippen molar-refractivity contribution in [2.24, 2.45) is 11.8 Å². The maximum atomic E-state index is 2.59. The molecule has 2 nitrogen and oxygen atoms in total. The molecule has 0 aromatic carbocycles. The maximum absolute atomic E-state index is 2.59. The average molecular weight is 182 g/mol. The molecule has 2 aliphatic heterocycles. The summed E-state index contributed by atoms with van der Waals surface area (Å²) < 4.78 is 0. The highest BCUT2D eigenvalue weighted by Gasteiger charge is 2.38. The van der Waals surface area contributed by atoms with Crippen LogP contribution in [0.25, 0.3) is 0 Å². The number of rotatable bonds is 2. The second-order valence-corrected chi connectivity index (χ2v) is 5.21. The van der Waals surface area contributed by atoms with E-state index in [1.165, 1.54) is 32.4 Å². The van der Waals surface area contributed by atoms with Crippen LogP contribution in [0.2, 0.25) is 0 Å². The Bertz CT molecular complexity index is 177. The summed E-state index contributed by atoms with van der Waals surface area (Å²) in [6, 6.07) is 0.882. The highest BCUT2D eigenvalue weighted by Crippen LogP contribution is 2.38. The van der Waals surface area contributed by atoms with E-state index in [0.717, 1.165) is 17.9 Å². The molecule has 13 heavy (non-hydrogen) atoms. The summed E-state index contributed by atoms with van der Waals surface area (Å²) in [5.74, 6) is 1.94. The van der Waals surface area contributed by atoms with Crippen molar-refractivity contribution in [3.8, 4) is 0 Å². The molecule has 0 aromatic rings. The van der Waals surface area contributed by atoms with Crippen LogP contribution in [0.4, 0.5) is 0 Å². The molecular weight excluding hydrogens is 160 g/mol. The Morgan fingerprint density at radius 1 is 1.31 bits per heavy atom. The largest absolute Gasteiger partial charge is 0.309 e. The van der Waals surface area contributed by atoms with Crippen molar-refractivity contribution in [3.63, 3.8) is 0 Å². The molecule has 1 saturated carbocycles. The van der Waals surface area contributed by atoms with Crippen LogP contribution in [-0.2, 0) is 0 Å². The summed E-state index contributed by atoms with van der Waals surface area (Å²) in [4.78, 5) is 4.94. The SMILES string of the molecule is CN(C)CC1CC2CCC1N(C)C2. The van der Waals surface area contributed by atoms with Gasteiger partial charge in [-0.3, -0.25) is 0 Å². The van der Waals surface area contributed by atoms with Crippen molar-refractivity contribution >= 4 is 0 Å². The Balaban J connectivity index is 1.98. The summed E-state index contributed by atoms with van der Waals surface area (Å²) in [7, 11) is 6.70. The standard InChI is InChI=1S/C11H22N2/c1-12(2)8-10-6-9-4-5-11(10)13(3)7-9/h9-11H,4-8H2,1-3H3. The number of piperidine rings is 2. The van der Waals surface area contributed by atoms with Gasteiger partial charge >= 0.3 is 0 Å². The molecule has 2 saturated heterocycles. The van der Waals surface area contributed by atoms with Crippen LogP contribution in [-0.4, -0.2) is 50.1 Å². The Labute approximate surface area is 81.9 Å². The van der Waals surface area contributed by atoms with Crippen LogP contribution in [0.3, 0.4) is 0 Å². The molecule has 2 heteroatoms. The number of hydrogen-bond donors (Lipinski definition) is 0. The predicted octanol–water partition coefficient (Wildman–Crippen LogP) is 1.28. The molecule has 2 bridgehead atoms. The van der Waals surface area contributed by atoms with Gasteiger partial charge in [0.1, 0.15) is 0 Å². The fraction of sp³-hybridized carbons (Fsp3) is 1.00. The molecule has 3 fully saturated rings. The van der Waals surface area contributed by atoms with Crippen LogP contribution in [0.5, 0.6) is 0 Å². The van der Waals surface area contributed by atoms with Crippen LogP contribution >= 0.6 is 0 Å². The molecule has 3 rings (SSSR count). The van der Waals surface area contributed by atoms with E-state index in [0.29, 0.717) is 0 Å². The van der Waals surface area contributed by atoms with E-state index in [1.54, 1.807) is 0 Å². The average Bonchev–Trinajstić information content (AvgIpc) is 2.02. The third-order valence-electron chi connectivity index (χ3n) is 3.76. The molecule has 0 aromatic heterocycles. The fourth-order valence-electron chi connectivity index (χ4n) is 3.30. The normalized spacial score (nSPS) is 40.2. The van der Waals surface area contributed by atoms with Gasteiger partial charge in [0.25, 0.3) is 0 Å².